The number of nitrogens with one attached hydrogen (secondary N) is 1. The number of halogens is 2. The number of benzene rings is 2. The number of amides is 1. The second-order valence-electron chi connectivity index (χ2n) is 3.92. The molecule has 2 aromatic carbocycles. The normalized spacial score (nSPS) is 10.0. The minimum absolute atomic E-state index is 0.0707. The van der Waals surface area contributed by atoms with Gasteiger partial charge < -0.3 is 4.74 Å². The van der Waals surface area contributed by atoms with E-state index in [1.165, 1.54) is 24.3 Å². The number of nitrogens with zero attached hydrogens (tertiary/aromatic N) is 1. The highest BCUT2D eigenvalue weighted by Crippen LogP contribution is 2.24. The second-order valence-corrected chi connectivity index (χ2v) is 5.76. The molecule has 6 nitrogen and oxygen atoms in total. The maximum absolute atomic E-state index is 11.7. The molecule has 2 aromatic rings. The summed E-state index contributed by atoms with van der Waals surface area (Å²) in [7, 11) is 0. The van der Waals surface area contributed by atoms with Gasteiger partial charge in [0.25, 0.3) is 5.69 Å². The molecule has 0 unspecified atom stereocenters. The van der Waals surface area contributed by atoms with Crippen molar-refractivity contribution in [2.24, 2.45) is 0 Å². The molecule has 8 heteroatoms. The van der Waals surface area contributed by atoms with Crippen LogP contribution in [0.2, 0.25) is 0 Å². The van der Waals surface area contributed by atoms with Crippen LogP contribution in [-0.4, -0.2) is 11.0 Å². The van der Waals surface area contributed by atoms with Crippen molar-refractivity contribution in [2.45, 2.75) is 0 Å². The highest BCUT2D eigenvalue weighted by Gasteiger charge is 2.09. The maximum atomic E-state index is 11.7. The van der Waals surface area contributed by atoms with E-state index in [1.807, 2.05) is 6.07 Å². The molecule has 0 saturated carbocycles. The Kier molecular flexibility index (Phi) is 4.92. The number of hydrogen-bond acceptors (Lipinski definition) is 4. The van der Waals surface area contributed by atoms with Crippen molar-refractivity contribution in [3.05, 3.63) is 61.5 Å². The monoisotopic (exact) mass is 414 g/mol. The molecule has 0 aliphatic rings. The third-order valence-corrected chi connectivity index (χ3v) is 3.28. The van der Waals surface area contributed by atoms with Crippen molar-refractivity contribution in [3.8, 4) is 5.75 Å². The van der Waals surface area contributed by atoms with Gasteiger partial charge >= 0.3 is 6.09 Å². The highest BCUT2D eigenvalue weighted by atomic mass is 79.9. The molecular weight excluding hydrogens is 408 g/mol. The Labute approximate surface area is 136 Å². The van der Waals surface area contributed by atoms with Crippen LogP contribution < -0.4 is 10.1 Å². The van der Waals surface area contributed by atoms with Crippen molar-refractivity contribution in [2.75, 3.05) is 5.32 Å². The molecule has 1 N–H and O–H groups in total. The predicted octanol–water partition coefficient (Wildman–Crippen LogP) is 4.73. The quantitative estimate of drug-likeness (QED) is 0.580. The van der Waals surface area contributed by atoms with Gasteiger partial charge in [0.1, 0.15) is 5.75 Å². The van der Waals surface area contributed by atoms with E-state index in [-0.39, 0.29) is 11.4 Å². The van der Waals surface area contributed by atoms with E-state index in [2.05, 4.69) is 37.2 Å². The molecule has 0 aliphatic carbocycles. The number of non-ortho nitro benzene ring substituents is 1. The van der Waals surface area contributed by atoms with Crippen LogP contribution in [0.5, 0.6) is 5.75 Å². The van der Waals surface area contributed by atoms with E-state index in [0.29, 0.717) is 5.69 Å². The fourth-order valence-electron chi connectivity index (χ4n) is 1.51. The van der Waals surface area contributed by atoms with E-state index in [0.717, 1.165) is 8.95 Å². The van der Waals surface area contributed by atoms with Gasteiger partial charge in [-0.2, -0.15) is 0 Å². The average Bonchev–Trinajstić information content (AvgIpc) is 2.37. The first-order chi connectivity index (χ1) is 9.94. The fraction of sp³-hybridized carbons (Fsp3) is 0. The van der Waals surface area contributed by atoms with Crippen LogP contribution in [0, 0.1) is 10.1 Å². The topological polar surface area (TPSA) is 81.5 Å². The zero-order chi connectivity index (χ0) is 15.4. The van der Waals surface area contributed by atoms with Gasteiger partial charge in [-0.3, -0.25) is 15.4 Å². The Balaban J connectivity index is 2.02. The summed E-state index contributed by atoms with van der Waals surface area (Å²) in [5, 5.41) is 13.1. The lowest BCUT2D eigenvalue weighted by molar-refractivity contribution is -0.384. The van der Waals surface area contributed by atoms with Crippen LogP contribution in [0.15, 0.2) is 51.4 Å². The molecule has 0 radical (unpaired) electrons. The van der Waals surface area contributed by atoms with Crippen molar-refractivity contribution in [1.82, 2.24) is 0 Å². The summed E-state index contributed by atoms with van der Waals surface area (Å²) in [4.78, 5) is 21.7. The molecule has 0 bridgehead atoms. The zero-order valence-corrected chi connectivity index (χ0v) is 13.5. The van der Waals surface area contributed by atoms with Crippen molar-refractivity contribution < 1.29 is 14.5 Å². The number of hydrogen-bond donors (Lipinski definition) is 1. The summed E-state index contributed by atoms with van der Waals surface area (Å²) in [6.45, 7) is 0. The number of nitro benzene ring substituents is 1. The Bertz CT molecular complexity index is 669. The van der Waals surface area contributed by atoms with Gasteiger partial charge in [0.2, 0.25) is 0 Å². The van der Waals surface area contributed by atoms with E-state index in [1.54, 1.807) is 12.1 Å². The van der Waals surface area contributed by atoms with E-state index >= 15 is 0 Å². The number of anilines is 1. The molecule has 21 heavy (non-hydrogen) atoms. The van der Waals surface area contributed by atoms with Crippen LogP contribution in [-0.2, 0) is 0 Å². The first-order valence-electron chi connectivity index (χ1n) is 5.63. The summed E-state index contributed by atoms with van der Waals surface area (Å²) in [6, 6.07) is 10.5. The number of carbonyl (C=O) groups excluding carboxylic acids is 1. The molecule has 0 atom stereocenters. The SMILES string of the molecule is O=C(Nc1cc(Br)cc(Br)c1)Oc1ccc([N+](=O)[O-])cc1. The minimum atomic E-state index is -0.686. The number of carbonyl (C=O) groups is 1. The zero-order valence-electron chi connectivity index (χ0n) is 10.4. The van der Waals surface area contributed by atoms with Gasteiger partial charge in [-0.15, -0.1) is 0 Å². The smallest absolute Gasteiger partial charge is 0.410 e. The van der Waals surface area contributed by atoms with Crippen molar-refractivity contribution >= 4 is 49.3 Å². The Morgan fingerprint density at radius 3 is 2.19 bits per heavy atom. The summed E-state index contributed by atoms with van der Waals surface area (Å²) >= 11 is 6.61. The van der Waals surface area contributed by atoms with Crippen LogP contribution in [0.3, 0.4) is 0 Å². The summed E-state index contributed by atoms with van der Waals surface area (Å²) < 4.78 is 6.62. The molecule has 108 valence electrons. The van der Waals surface area contributed by atoms with Gasteiger partial charge in [-0.25, -0.2) is 4.79 Å². The fourth-order valence-corrected chi connectivity index (χ4v) is 2.81. The van der Waals surface area contributed by atoms with Crippen molar-refractivity contribution in [1.29, 1.82) is 0 Å². The Hall–Kier alpha value is -1.93. The molecule has 0 saturated heterocycles. The van der Waals surface area contributed by atoms with E-state index in [4.69, 9.17) is 4.74 Å². The van der Waals surface area contributed by atoms with Crippen LogP contribution >= 0.6 is 31.9 Å². The van der Waals surface area contributed by atoms with Gasteiger partial charge in [0.05, 0.1) is 4.92 Å². The van der Waals surface area contributed by atoms with Gasteiger partial charge in [0.15, 0.2) is 0 Å². The highest BCUT2D eigenvalue weighted by molar-refractivity contribution is 9.11. The maximum Gasteiger partial charge on any atom is 0.417 e. The first-order valence-corrected chi connectivity index (χ1v) is 7.22. The molecule has 0 spiro atoms. The van der Waals surface area contributed by atoms with Crippen LogP contribution in [0.4, 0.5) is 16.2 Å². The molecule has 1 amide bonds. The standard InChI is InChI=1S/C13H8Br2N2O4/c14-8-5-9(15)7-10(6-8)16-13(18)21-12-3-1-11(2-4-12)17(19)20/h1-7H,(H,16,18). The number of ether oxygens (including phenoxy) is 1. The van der Waals surface area contributed by atoms with Gasteiger partial charge in [-0.1, -0.05) is 31.9 Å². The van der Waals surface area contributed by atoms with Crippen LogP contribution in [0.1, 0.15) is 0 Å². The Morgan fingerprint density at radius 2 is 1.67 bits per heavy atom. The van der Waals surface area contributed by atoms with Crippen LogP contribution in [0.25, 0.3) is 0 Å². The molecule has 2 rings (SSSR count). The largest absolute Gasteiger partial charge is 0.417 e. The predicted molar refractivity (Wildman–Crippen MR) is 84.6 cm³/mol. The third kappa shape index (κ3) is 4.54. The molecular formula is C13H8Br2N2O4. The molecule has 0 fully saturated rings. The average molecular weight is 416 g/mol. The first kappa shape index (κ1) is 15.5. The van der Waals surface area contributed by atoms with E-state index in [9.17, 15) is 14.9 Å². The van der Waals surface area contributed by atoms with Crippen molar-refractivity contribution in [3.63, 3.8) is 0 Å². The lowest BCUT2D eigenvalue weighted by Gasteiger charge is -2.07. The summed E-state index contributed by atoms with van der Waals surface area (Å²) in [5.41, 5.74) is 0.474. The summed E-state index contributed by atoms with van der Waals surface area (Å²) in [5.74, 6) is 0.215. The molecule has 0 aromatic heterocycles. The van der Waals surface area contributed by atoms with Gasteiger partial charge in [-0.05, 0) is 30.3 Å². The summed E-state index contributed by atoms with van der Waals surface area (Å²) in [6.07, 6.45) is -0.686. The minimum Gasteiger partial charge on any atom is -0.410 e. The molecule has 0 aliphatic heterocycles. The lowest BCUT2D eigenvalue weighted by atomic mass is 10.3. The van der Waals surface area contributed by atoms with E-state index < -0.39 is 11.0 Å². The Morgan fingerprint density at radius 1 is 1.10 bits per heavy atom. The second kappa shape index (κ2) is 6.68. The lowest BCUT2D eigenvalue weighted by Crippen LogP contribution is -2.16. The molecule has 0 heterocycles. The number of rotatable bonds is 3. The third-order valence-electron chi connectivity index (χ3n) is 2.37. The van der Waals surface area contributed by atoms with Gasteiger partial charge in [0, 0.05) is 26.8 Å². The number of nitro groups is 1.